The quantitative estimate of drug-likeness (QED) is 0.426. The van der Waals surface area contributed by atoms with Crippen LogP contribution in [0.25, 0.3) is 0 Å². The molecule has 1 N–H and O–H groups in total. The average Bonchev–Trinajstić information content (AvgIpc) is 2.97. The highest BCUT2D eigenvalue weighted by molar-refractivity contribution is 7.15. The van der Waals surface area contributed by atoms with Crippen molar-refractivity contribution in [2.24, 2.45) is 10.2 Å². The number of benzene rings is 1. The Hall–Kier alpha value is -1.50. The van der Waals surface area contributed by atoms with Crippen molar-refractivity contribution in [3.05, 3.63) is 33.8 Å². The Bertz CT molecular complexity index is 717. The fraction of sp³-hybridized carbons (Fsp3) is 0.500. The first-order chi connectivity index (χ1) is 12.1. The van der Waals surface area contributed by atoms with Crippen LogP contribution in [-0.4, -0.2) is 23.2 Å². The van der Waals surface area contributed by atoms with Crippen LogP contribution in [0.3, 0.4) is 0 Å². The molecule has 1 heterocycles. The van der Waals surface area contributed by atoms with E-state index in [0.717, 1.165) is 24.3 Å². The second kappa shape index (κ2) is 9.85. The van der Waals surface area contributed by atoms with E-state index in [2.05, 4.69) is 46.1 Å². The largest absolute Gasteiger partial charge is 0.391 e. The number of anilines is 1. The normalized spacial score (nSPS) is 11.4. The van der Waals surface area contributed by atoms with E-state index in [4.69, 9.17) is 16.7 Å². The van der Waals surface area contributed by atoms with Gasteiger partial charge in [-0.1, -0.05) is 42.7 Å². The minimum absolute atomic E-state index is 0.134. The van der Waals surface area contributed by atoms with Gasteiger partial charge in [0.15, 0.2) is 0 Å². The molecule has 0 saturated carbocycles. The van der Waals surface area contributed by atoms with Crippen molar-refractivity contribution in [2.75, 3.05) is 18.0 Å². The lowest BCUT2D eigenvalue weighted by molar-refractivity contribution is 0.285. The Kier molecular flexibility index (Phi) is 7.81. The number of azo groups is 1. The number of rotatable bonds is 9. The summed E-state index contributed by atoms with van der Waals surface area (Å²) >= 11 is 7.16. The molecule has 0 radical (unpaired) electrons. The van der Waals surface area contributed by atoms with Gasteiger partial charge >= 0.3 is 0 Å². The highest BCUT2D eigenvalue weighted by atomic mass is 35.5. The molecule has 5 nitrogen and oxygen atoms in total. The number of aromatic nitrogens is 1. The molecule has 2 rings (SSSR count). The van der Waals surface area contributed by atoms with Crippen molar-refractivity contribution in [1.29, 1.82) is 0 Å². The maximum atomic E-state index is 9.15. The van der Waals surface area contributed by atoms with Gasteiger partial charge in [-0.3, -0.25) is 0 Å². The van der Waals surface area contributed by atoms with Gasteiger partial charge in [0.1, 0.15) is 5.15 Å². The van der Waals surface area contributed by atoms with Crippen LogP contribution >= 0.6 is 22.9 Å². The molecule has 0 spiro atoms. The van der Waals surface area contributed by atoms with Gasteiger partial charge in [-0.15, -0.1) is 10.2 Å². The van der Waals surface area contributed by atoms with Gasteiger partial charge in [-0.2, -0.15) is 0 Å². The summed E-state index contributed by atoms with van der Waals surface area (Å²) in [6, 6.07) is 6.22. The number of aliphatic hydroxyl groups is 1. The first kappa shape index (κ1) is 19.8. The van der Waals surface area contributed by atoms with E-state index in [1.807, 2.05) is 13.0 Å². The summed E-state index contributed by atoms with van der Waals surface area (Å²) in [4.78, 5) is 7.07. The summed E-state index contributed by atoms with van der Waals surface area (Å²) in [5, 5.41) is 18.3. The molecular formula is C18H25ClN4OS. The monoisotopic (exact) mass is 380 g/mol. The first-order valence-corrected chi connectivity index (χ1v) is 9.81. The van der Waals surface area contributed by atoms with Gasteiger partial charge < -0.3 is 10.0 Å². The van der Waals surface area contributed by atoms with Gasteiger partial charge in [-0.05, 0) is 44.0 Å². The zero-order valence-corrected chi connectivity index (χ0v) is 16.6. The van der Waals surface area contributed by atoms with E-state index in [-0.39, 0.29) is 6.61 Å². The summed E-state index contributed by atoms with van der Waals surface area (Å²) in [5.74, 6) is 0. The number of nitrogens with zero attached hydrogens (tertiary/aromatic N) is 4. The fourth-order valence-corrected chi connectivity index (χ4v) is 3.47. The Morgan fingerprint density at radius 3 is 2.64 bits per heavy atom. The standard InChI is InChI=1S/C18H25ClN4OS/c1-4-6-7-10-23(5-2)14-8-9-15(13(3)11-14)21-22-18-20-17(19)16(12-24)25-18/h8-9,11,24H,4-7,10,12H2,1-3H3. The number of aliphatic hydroxyl groups excluding tert-OH is 1. The van der Waals surface area contributed by atoms with E-state index < -0.39 is 0 Å². The smallest absolute Gasteiger partial charge is 0.231 e. The summed E-state index contributed by atoms with van der Waals surface area (Å²) in [7, 11) is 0. The van der Waals surface area contributed by atoms with Crippen LogP contribution in [0.5, 0.6) is 0 Å². The molecule has 1 aromatic carbocycles. The van der Waals surface area contributed by atoms with Crippen LogP contribution in [0.2, 0.25) is 5.15 Å². The molecule has 25 heavy (non-hydrogen) atoms. The topological polar surface area (TPSA) is 61.1 Å². The van der Waals surface area contributed by atoms with Crippen molar-refractivity contribution in [3.8, 4) is 0 Å². The molecule has 0 amide bonds. The third-order valence-corrected chi connectivity index (χ3v) is 5.33. The highest BCUT2D eigenvalue weighted by Gasteiger charge is 2.09. The van der Waals surface area contributed by atoms with Gasteiger partial charge in [0.25, 0.3) is 0 Å². The summed E-state index contributed by atoms with van der Waals surface area (Å²) in [6.07, 6.45) is 3.70. The third-order valence-electron chi connectivity index (χ3n) is 3.98. The second-order valence-electron chi connectivity index (χ2n) is 5.83. The minimum Gasteiger partial charge on any atom is -0.391 e. The van der Waals surface area contributed by atoms with Crippen LogP contribution in [-0.2, 0) is 6.61 Å². The number of hydrogen-bond acceptors (Lipinski definition) is 6. The lowest BCUT2D eigenvalue weighted by Crippen LogP contribution is -2.23. The Balaban J connectivity index is 2.11. The van der Waals surface area contributed by atoms with Gasteiger partial charge in [0.2, 0.25) is 5.13 Å². The number of thiazole rings is 1. The van der Waals surface area contributed by atoms with Crippen molar-refractivity contribution in [1.82, 2.24) is 4.98 Å². The van der Waals surface area contributed by atoms with E-state index in [9.17, 15) is 0 Å². The molecule has 2 aromatic rings. The Morgan fingerprint density at radius 1 is 1.24 bits per heavy atom. The molecule has 7 heteroatoms. The average molecular weight is 381 g/mol. The van der Waals surface area contributed by atoms with E-state index in [0.29, 0.717) is 15.2 Å². The molecule has 0 aliphatic rings. The van der Waals surface area contributed by atoms with Gasteiger partial charge in [0, 0.05) is 18.8 Å². The van der Waals surface area contributed by atoms with Crippen molar-refractivity contribution in [3.63, 3.8) is 0 Å². The van der Waals surface area contributed by atoms with Gasteiger partial charge in [-0.25, -0.2) is 4.98 Å². The SMILES string of the molecule is CCCCCN(CC)c1ccc(N=Nc2nc(Cl)c(CO)s2)c(C)c1. The highest BCUT2D eigenvalue weighted by Crippen LogP contribution is 2.31. The first-order valence-electron chi connectivity index (χ1n) is 8.62. The zero-order chi connectivity index (χ0) is 18.2. The number of halogens is 1. The zero-order valence-electron chi connectivity index (χ0n) is 15.0. The van der Waals surface area contributed by atoms with E-state index in [1.165, 1.54) is 36.3 Å². The van der Waals surface area contributed by atoms with E-state index >= 15 is 0 Å². The Labute approximate surface area is 158 Å². The third kappa shape index (κ3) is 5.49. The maximum Gasteiger partial charge on any atom is 0.231 e. The molecule has 0 fully saturated rings. The molecule has 136 valence electrons. The van der Waals surface area contributed by atoms with Crippen molar-refractivity contribution in [2.45, 2.75) is 46.6 Å². The van der Waals surface area contributed by atoms with Gasteiger partial charge in [0.05, 0.1) is 17.2 Å². The number of hydrogen-bond donors (Lipinski definition) is 1. The predicted octanol–water partition coefficient (Wildman–Crippen LogP) is 6.03. The summed E-state index contributed by atoms with van der Waals surface area (Å²) < 4.78 is 0. The molecule has 0 aliphatic carbocycles. The summed E-state index contributed by atoms with van der Waals surface area (Å²) in [6.45, 7) is 8.37. The van der Waals surface area contributed by atoms with Crippen LogP contribution in [0, 0.1) is 6.92 Å². The lowest BCUT2D eigenvalue weighted by atomic mass is 10.1. The molecule has 0 saturated heterocycles. The second-order valence-corrected chi connectivity index (χ2v) is 7.25. The van der Waals surface area contributed by atoms with E-state index in [1.54, 1.807) is 0 Å². The van der Waals surface area contributed by atoms with Crippen LogP contribution in [0.1, 0.15) is 43.6 Å². The molecule has 0 unspecified atom stereocenters. The molecule has 0 bridgehead atoms. The number of aryl methyl sites for hydroxylation is 1. The Morgan fingerprint density at radius 2 is 2.04 bits per heavy atom. The predicted molar refractivity (Wildman–Crippen MR) is 106 cm³/mol. The lowest BCUT2D eigenvalue weighted by Gasteiger charge is -2.23. The van der Waals surface area contributed by atoms with Crippen LogP contribution in [0.4, 0.5) is 16.5 Å². The molecule has 0 atom stereocenters. The molecule has 1 aromatic heterocycles. The minimum atomic E-state index is -0.134. The number of unbranched alkanes of at least 4 members (excludes halogenated alkanes) is 2. The van der Waals surface area contributed by atoms with Crippen molar-refractivity contribution < 1.29 is 5.11 Å². The maximum absolute atomic E-state index is 9.15. The fourth-order valence-electron chi connectivity index (χ4n) is 2.53. The van der Waals surface area contributed by atoms with Crippen LogP contribution < -0.4 is 4.90 Å². The molecular weight excluding hydrogens is 356 g/mol. The summed E-state index contributed by atoms with van der Waals surface area (Å²) in [5.41, 5.74) is 3.10. The van der Waals surface area contributed by atoms with Crippen molar-refractivity contribution >= 4 is 39.4 Å². The van der Waals surface area contributed by atoms with Crippen LogP contribution in [0.15, 0.2) is 28.4 Å². The molecule has 0 aliphatic heterocycles.